The molecule has 1 aromatic rings. The van der Waals surface area contributed by atoms with E-state index in [1.807, 2.05) is 30.7 Å². The second-order valence-electron chi connectivity index (χ2n) is 4.83. The number of amides is 1. The summed E-state index contributed by atoms with van der Waals surface area (Å²) >= 11 is 3.24. The summed E-state index contributed by atoms with van der Waals surface area (Å²) in [6.07, 6.45) is 2.70. The molecule has 2 atom stereocenters. The van der Waals surface area contributed by atoms with Crippen molar-refractivity contribution in [3.05, 3.63) is 22.4 Å². The Labute approximate surface area is 117 Å². The average Bonchev–Trinajstić information content (AvgIpc) is 2.78. The topological polar surface area (TPSA) is 49.3 Å². The Balaban J connectivity index is 2.36. The van der Waals surface area contributed by atoms with E-state index in [0.29, 0.717) is 12.3 Å². The lowest BCUT2D eigenvalue weighted by Crippen LogP contribution is -2.44. The quantitative estimate of drug-likeness (QED) is 0.808. The van der Waals surface area contributed by atoms with Crippen molar-refractivity contribution < 1.29 is 9.90 Å². The van der Waals surface area contributed by atoms with E-state index in [0.717, 1.165) is 6.42 Å². The summed E-state index contributed by atoms with van der Waals surface area (Å²) in [6.45, 7) is 3.97. The van der Waals surface area contributed by atoms with Gasteiger partial charge in [-0.1, -0.05) is 13.0 Å². The molecule has 0 aliphatic carbocycles. The number of thiophene rings is 1. The summed E-state index contributed by atoms with van der Waals surface area (Å²) in [5, 5.41) is 14.8. The predicted octanol–water partition coefficient (Wildman–Crippen LogP) is 2.16. The molecule has 1 amide bonds. The molecule has 0 aromatic carbocycles. The van der Waals surface area contributed by atoms with Crippen LogP contribution in [0.3, 0.4) is 0 Å². The molecular weight excluding hydrogens is 266 g/mol. The molecule has 2 N–H and O–H groups in total. The number of nitrogens with one attached hydrogen (secondary N) is 1. The van der Waals surface area contributed by atoms with E-state index in [1.54, 1.807) is 30.0 Å². The predicted molar refractivity (Wildman–Crippen MR) is 79.2 cm³/mol. The van der Waals surface area contributed by atoms with E-state index in [9.17, 15) is 9.90 Å². The second-order valence-corrected chi connectivity index (χ2v) is 6.73. The van der Waals surface area contributed by atoms with Crippen molar-refractivity contribution in [3.63, 3.8) is 0 Å². The fourth-order valence-electron chi connectivity index (χ4n) is 1.64. The molecule has 18 heavy (non-hydrogen) atoms. The van der Waals surface area contributed by atoms with Crippen LogP contribution >= 0.6 is 23.1 Å². The monoisotopic (exact) mass is 287 g/mol. The zero-order chi connectivity index (χ0) is 13.6. The number of hydrogen-bond acceptors (Lipinski definition) is 4. The minimum Gasteiger partial charge on any atom is -0.387 e. The Hall–Kier alpha value is -0.520. The average molecular weight is 287 g/mol. The van der Waals surface area contributed by atoms with Gasteiger partial charge >= 0.3 is 0 Å². The van der Waals surface area contributed by atoms with Gasteiger partial charge in [-0.3, -0.25) is 4.79 Å². The van der Waals surface area contributed by atoms with Crippen molar-refractivity contribution in [1.29, 1.82) is 0 Å². The van der Waals surface area contributed by atoms with Crippen LogP contribution in [0.1, 0.15) is 18.7 Å². The van der Waals surface area contributed by atoms with Gasteiger partial charge in [-0.15, -0.1) is 11.3 Å². The summed E-state index contributed by atoms with van der Waals surface area (Å²) in [4.78, 5) is 13.1. The van der Waals surface area contributed by atoms with Crippen LogP contribution in [-0.2, 0) is 11.2 Å². The summed E-state index contributed by atoms with van der Waals surface area (Å²) in [7, 11) is 0. The van der Waals surface area contributed by atoms with Crippen LogP contribution in [0.25, 0.3) is 0 Å². The van der Waals surface area contributed by atoms with Crippen molar-refractivity contribution in [3.8, 4) is 0 Å². The molecule has 0 radical (unpaired) electrons. The first kappa shape index (κ1) is 15.5. The van der Waals surface area contributed by atoms with E-state index in [1.165, 1.54) is 4.88 Å². The smallest absolute Gasteiger partial charge is 0.223 e. The van der Waals surface area contributed by atoms with Gasteiger partial charge in [0, 0.05) is 23.1 Å². The normalized spacial score (nSPS) is 16.0. The number of carbonyl (C=O) groups is 1. The lowest BCUT2D eigenvalue weighted by Gasteiger charge is -2.23. The van der Waals surface area contributed by atoms with Gasteiger partial charge < -0.3 is 10.4 Å². The summed E-state index contributed by atoms with van der Waals surface area (Å²) in [5.74, 6) is 0.561. The standard InChI is InChI=1S/C13H21NO2S2/c1-10(7-11-5-4-6-18-11)12(15)14-8-13(2,16)9-17-3/h4-6,10,16H,7-9H2,1-3H3,(H,14,15). The van der Waals surface area contributed by atoms with Crippen LogP contribution in [-0.4, -0.2) is 35.2 Å². The molecule has 1 aromatic heterocycles. The molecule has 1 heterocycles. The van der Waals surface area contributed by atoms with Gasteiger partial charge in [-0.2, -0.15) is 11.8 Å². The first-order chi connectivity index (χ1) is 8.44. The number of carbonyl (C=O) groups excluding carboxylic acids is 1. The Bertz CT molecular complexity index is 363. The van der Waals surface area contributed by atoms with Gasteiger partial charge in [0.15, 0.2) is 0 Å². The van der Waals surface area contributed by atoms with E-state index >= 15 is 0 Å². The Morgan fingerprint density at radius 2 is 2.39 bits per heavy atom. The van der Waals surface area contributed by atoms with Crippen LogP contribution in [0.5, 0.6) is 0 Å². The third kappa shape index (κ3) is 5.42. The second kappa shape index (κ2) is 7.16. The van der Waals surface area contributed by atoms with Gasteiger partial charge in [-0.25, -0.2) is 0 Å². The van der Waals surface area contributed by atoms with E-state index in [4.69, 9.17) is 0 Å². The van der Waals surface area contributed by atoms with Crippen LogP contribution in [0, 0.1) is 5.92 Å². The number of hydrogen-bond donors (Lipinski definition) is 2. The van der Waals surface area contributed by atoms with Crippen LogP contribution < -0.4 is 5.32 Å². The van der Waals surface area contributed by atoms with Crippen LogP contribution in [0.15, 0.2) is 17.5 Å². The van der Waals surface area contributed by atoms with E-state index in [2.05, 4.69) is 5.32 Å². The molecule has 0 saturated heterocycles. The number of rotatable bonds is 7. The van der Waals surface area contributed by atoms with E-state index < -0.39 is 5.60 Å². The molecule has 0 aliphatic heterocycles. The van der Waals surface area contributed by atoms with Crippen molar-refractivity contribution in [2.45, 2.75) is 25.9 Å². The molecular formula is C13H21NO2S2. The fraction of sp³-hybridized carbons (Fsp3) is 0.615. The maximum Gasteiger partial charge on any atom is 0.223 e. The molecule has 0 bridgehead atoms. The third-order valence-corrected chi connectivity index (χ3v) is 4.44. The highest BCUT2D eigenvalue weighted by Gasteiger charge is 2.22. The molecule has 0 fully saturated rings. The molecule has 0 spiro atoms. The molecule has 0 saturated carbocycles. The molecule has 2 unspecified atom stereocenters. The molecule has 1 rings (SSSR count). The Kier molecular flexibility index (Phi) is 6.18. The van der Waals surface area contributed by atoms with Crippen molar-refractivity contribution in [2.75, 3.05) is 18.6 Å². The van der Waals surface area contributed by atoms with Gasteiger partial charge in [0.1, 0.15) is 0 Å². The summed E-state index contributed by atoms with van der Waals surface area (Å²) in [5.41, 5.74) is -0.836. The first-order valence-corrected chi connectivity index (χ1v) is 8.23. The SMILES string of the molecule is CSCC(C)(O)CNC(=O)C(C)Cc1cccs1. The number of aliphatic hydroxyl groups is 1. The fourth-order valence-corrected chi connectivity index (χ4v) is 3.20. The molecule has 102 valence electrons. The van der Waals surface area contributed by atoms with Gasteiger partial charge in [0.05, 0.1) is 5.60 Å². The molecule has 5 heteroatoms. The highest BCUT2D eigenvalue weighted by atomic mass is 32.2. The highest BCUT2D eigenvalue weighted by Crippen LogP contribution is 2.15. The maximum absolute atomic E-state index is 11.9. The molecule has 0 aliphatic rings. The number of thioether (sulfide) groups is 1. The Morgan fingerprint density at radius 3 is 2.94 bits per heavy atom. The van der Waals surface area contributed by atoms with Gasteiger partial charge in [0.2, 0.25) is 5.91 Å². The van der Waals surface area contributed by atoms with Crippen molar-refractivity contribution in [2.24, 2.45) is 5.92 Å². The van der Waals surface area contributed by atoms with Gasteiger partial charge in [-0.05, 0) is 31.0 Å². The summed E-state index contributed by atoms with van der Waals surface area (Å²) in [6, 6.07) is 4.03. The van der Waals surface area contributed by atoms with Crippen LogP contribution in [0.2, 0.25) is 0 Å². The highest BCUT2D eigenvalue weighted by molar-refractivity contribution is 7.98. The lowest BCUT2D eigenvalue weighted by molar-refractivity contribution is -0.125. The molecule has 3 nitrogen and oxygen atoms in total. The van der Waals surface area contributed by atoms with E-state index in [-0.39, 0.29) is 11.8 Å². The van der Waals surface area contributed by atoms with Crippen molar-refractivity contribution >= 4 is 29.0 Å². The minimum absolute atomic E-state index is 0.00442. The Morgan fingerprint density at radius 1 is 1.67 bits per heavy atom. The minimum atomic E-state index is -0.836. The van der Waals surface area contributed by atoms with Gasteiger partial charge in [0.25, 0.3) is 0 Å². The van der Waals surface area contributed by atoms with Crippen LogP contribution in [0.4, 0.5) is 0 Å². The third-order valence-electron chi connectivity index (χ3n) is 2.63. The lowest BCUT2D eigenvalue weighted by atomic mass is 10.1. The van der Waals surface area contributed by atoms with Crippen molar-refractivity contribution in [1.82, 2.24) is 5.32 Å². The largest absolute Gasteiger partial charge is 0.387 e. The maximum atomic E-state index is 11.9. The zero-order valence-corrected chi connectivity index (χ0v) is 12.7. The zero-order valence-electron chi connectivity index (χ0n) is 11.1. The summed E-state index contributed by atoms with van der Waals surface area (Å²) < 4.78 is 0. The first-order valence-electron chi connectivity index (χ1n) is 5.96.